The molecule has 0 radical (unpaired) electrons. The average molecular weight is 330 g/mol. The van der Waals surface area contributed by atoms with Crippen molar-refractivity contribution >= 4 is 6.03 Å². The molecular weight excluding hydrogens is 307 g/mol. The number of hydrogen-bond donors (Lipinski definition) is 1. The second-order valence-electron chi connectivity index (χ2n) is 6.22. The molecule has 1 aromatic heterocycles. The van der Waals surface area contributed by atoms with Gasteiger partial charge in [-0.25, -0.2) is 14.2 Å². The first-order valence-corrected chi connectivity index (χ1v) is 8.47. The van der Waals surface area contributed by atoms with Crippen molar-refractivity contribution in [3.05, 3.63) is 54.4 Å². The molecule has 1 aliphatic rings. The van der Waals surface area contributed by atoms with E-state index in [1.165, 1.54) is 12.1 Å². The summed E-state index contributed by atoms with van der Waals surface area (Å²) < 4.78 is 15.0. The number of amides is 2. The normalized spacial score (nSPS) is 17.7. The first kappa shape index (κ1) is 16.5. The molecule has 1 fully saturated rings. The molecule has 1 atom stereocenters. The largest absolute Gasteiger partial charge is 0.337 e. The van der Waals surface area contributed by atoms with Crippen LogP contribution in [0.1, 0.15) is 31.2 Å². The van der Waals surface area contributed by atoms with Crippen molar-refractivity contribution in [2.24, 2.45) is 0 Å². The van der Waals surface area contributed by atoms with E-state index in [4.69, 9.17) is 0 Å². The van der Waals surface area contributed by atoms with E-state index in [0.717, 1.165) is 44.3 Å². The summed E-state index contributed by atoms with van der Waals surface area (Å²) in [6.45, 7) is 2.08. The van der Waals surface area contributed by atoms with E-state index in [1.54, 1.807) is 18.3 Å². The van der Waals surface area contributed by atoms with Gasteiger partial charge in [0.1, 0.15) is 5.82 Å². The molecule has 1 unspecified atom stereocenters. The number of nitrogens with zero attached hydrogens (tertiary/aromatic N) is 3. The minimum absolute atomic E-state index is 0.0327. The van der Waals surface area contributed by atoms with Crippen LogP contribution in [0.15, 0.2) is 43.0 Å². The summed E-state index contributed by atoms with van der Waals surface area (Å²) in [6.07, 6.45) is 9.71. The number of hydrogen-bond acceptors (Lipinski definition) is 2. The molecule has 0 aliphatic carbocycles. The van der Waals surface area contributed by atoms with E-state index < -0.39 is 0 Å². The molecule has 3 rings (SSSR count). The number of rotatable bonds is 5. The number of likely N-dealkylation sites (tertiary alicyclic amines) is 1. The number of imidazole rings is 1. The Morgan fingerprint density at radius 2 is 2.12 bits per heavy atom. The molecule has 128 valence electrons. The van der Waals surface area contributed by atoms with Gasteiger partial charge in [0.25, 0.3) is 0 Å². The summed E-state index contributed by atoms with van der Waals surface area (Å²) in [5.74, 6) is -0.263. The van der Waals surface area contributed by atoms with Crippen molar-refractivity contribution < 1.29 is 9.18 Å². The number of benzene rings is 1. The number of aryl methyl sites for hydroxylation is 1. The Morgan fingerprint density at radius 3 is 2.88 bits per heavy atom. The highest BCUT2D eigenvalue weighted by Gasteiger charge is 2.26. The van der Waals surface area contributed by atoms with Crippen LogP contribution in [0.3, 0.4) is 0 Å². The van der Waals surface area contributed by atoms with Crippen molar-refractivity contribution in [3.63, 3.8) is 0 Å². The third-order valence-electron chi connectivity index (χ3n) is 4.52. The van der Waals surface area contributed by atoms with Gasteiger partial charge in [0.05, 0.1) is 6.33 Å². The minimum Gasteiger partial charge on any atom is -0.337 e. The zero-order chi connectivity index (χ0) is 16.8. The number of halogens is 1. The topological polar surface area (TPSA) is 50.2 Å². The van der Waals surface area contributed by atoms with Crippen LogP contribution in [0.4, 0.5) is 9.18 Å². The van der Waals surface area contributed by atoms with Crippen molar-refractivity contribution in [2.45, 2.75) is 44.8 Å². The van der Waals surface area contributed by atoms with Gasteiger partial charge < -0.3 is 14.8 Å². The quantitative estimate of drug-likeness (QED) is 0.915. The van der Waals surface area contributed by atoms with E-state index in [0.29, 0.717) is 6.54 Å². The molecule has 1 N–H and O–H groups in total. The van der Waals surface area contributed by atoms with Crippen LogP contribution >= 0.6 is 0 Å². The van der Waals surface area contributed by atoms with Crippen LogP contribution in [0.25, 0.3) is 0 Å². The van der Waals surface area contributed by atoms with Crippen LogP contribution in [0, 0.1) is 5.82 Å². The van der Waals surface area contributed by atoms with Gasteiger partial charge in [0, 0.05) is 38.1 Å². The fourth-order valence-electron chi connectivity index (χ4n) is 3.17. The summed E-state index contributed by atoms with van der Waals surface area (Å²) in [6, 6.07) is 6.45. The maximum absolute atomic E-state index is 12.9. The lowest BCUT2D eigenvalue weighted by molar-refractivity contribution is 0.143. The highest BCUT2D eigenvalue weighted by atomic mass is 19.1. The molecule has 1 saturated heterocycles. The van der Waals surface area contributed by atoms with E-state index in [-0.39, 0.29) is 17.9 Å². The monoisotopic (exact) mass is 330 g/mol. The van der Waals surface area contributed by atoms with Gasteiger partial charge in [-0.2, -0.15) is 0 Å². The molecule has 2 heterocycles. The molecule has 2 aromatic rings. The summed E-state index contributed by atoms with van der Waals surface area (Å²) in [7, 11) is 0. The Bertz CT molecular complexity index is 642. The van der Waals surface area contributed by atoms with Gasteiger partial charge in [-0.1, -0.05) is 12.1 Å². The molecule has 24 heavy (non-hydrogen) atoms. The fraction of sp³-hybridized carbons (Fsp3) is 0.444. The zero-order valence-corrected chi connectivity index (χ0v) is 13.7. The van der Waals surface area contributed by atoms with Gasteiger partial charge in [-0.15, -0.1) is 0 Å². The molecule has 6 heteroatoms. The van der Waals surface area contributed by atoms with Gasteiger partial charge in [-0.05, 0) is 43.4 Å². The smallest absolute Gasteiger partial charge is 0.317 e. The van der Waals surface area contributed by atoms with Crippen molar-refractivity contribution in [2.75, 3.05) is 6.54 Å². The van der Waals surface area contributed by atoms with Crippen LogP contribution in [-0.4, -0.2) is 33.1 Å². The standard InChI is InChI=1S/C18H23FN4O/c19-16-6-4-15(5-7-16)13-21-18(24)23-10-2-1-3-17(23)8-11-22-12-9-20-14-22/h4-7,9,12,14,17H,1-3,8,10-11,13H2,(H,21,24). The molecule has 1 aliphatic heterocycles. The number of nitrogens with one attached hydrogen (secondary N) is 1. The van der Waals surface area contributed by atoms with Crippen LogP contribution < -0.4 is 5.32 Å². The Labute approximate surface area is 141 Å². The van der Waals surface area contributed by atoms with Crippen LogP contribution in [0.2, 0.25) is 0 Å². The van der Waals surface area contributed by atoms with Crippen molar-refractivity contribution in [1.29, 1.82) is 0 Å². The Morgan fingerprint density at radius 1 is 1.29 bits per heavy atom. The maximum atomic E-state index is 12.9. The third-order valence-corrected chi connectivity index (χ3v) is 4.52. The lowest BCUT2D eigenvalue weighted by Crippen LogP contribution is -2.48. The molecular formula is C18H23FN4O. The minimum atomic E-state index is -0.263. The summed E-state index contributed by atoms with van der Waals surface area (Å²) >= 11 is 0. The van der Waals surface area contributed by atoms with Crippen molar-refractivity contribution in [3.8, 4) is 0 Å². The lowest BCUT2D eigenvalue weighted by atomic mass is 10.00. The molecule has 0 bridgehead atoms. The third kappa shape index (κ3) is 4.34. The SMILES string of the molecule is O=C(NCc1ccc(F)cc1)N1CCCCC1CCn1ccnc1. The van der Waals surface area contributed by atoms with E-state index >= 15 is 0 Å². The first-order valence-electron chi connectivity index (χ1n) is 8.47. The summed E-state index contributed by atoms with van der Waals surface area (Å²) in [4.78, 5) is 18.5. The van der Waals surface area contributed by atoms with Gasteiger partial charge in [-0.3, -0.25) is 0 Å². The van der Waals surface area contributed by atoms with E-state index in [1.807, 2.05) is 22.0 Å². The predicted octanol–water partition coefficient (Wildman–Crippen LogP) is 3.18. The van der Waals surface area contributed by atoms with Gasteiger partial charge in [0.2, 0.25) is 0 Å². The molecule has 0 saturated carbocycles. The van der Waals surface area contributed by atoms with E-state index in [9.17, 15) is 9.18 Å². The maximum Gasteiger partial charge on any atom is 0.317 e. The summed E-state index contributed by atoms with van der Waals surface area (Å²) in [5, 5.41) is 2.96. The van der Waals surface area contributed by atoms with Gasteiger partial charge in [0.15, 0.2) is 0 Å². The average Bonchev–Trinajstić information content (AvgIpc) is 3.13. The van der Waals surface area contributed by atoms with E-state index in [2.05, 4.69) is 10.3 Å². The number of piperidine rings is 1. The highest BCUT2D eigenvalue weighted by Crippen LogP contribution is 2.20. The first-order chi connectivity index (χ1) is 11.7. The van der Waals surface area contributed by atoms with Crippen LogP contribution in [0.5, 0.6) is 0 Å². The molecule has 2 amide bonds. The second-order valence-corrected chi connectivity index (χ2v) is 6.22. The number of aromatic nitrogens is 2. The van der Waals surface area contributed by atoms with Gasteiger partial charge >= 0.3 is 6.03 Å². The zero-order valence-electron chi connectivity index (χ0n) is 13.7. The second kappa shape index (κ2) is 7.95. The molecule has 0 spiro atoms. The van der Waals surface area contributed by atoms with Crippen LogP contribution in [-0.2, 0) is 13.1 Å². The Kier molecular flexibility index (Phi) is 5.46. The number of urea groups is 1. The predicted molar refractivity (Wildman–Crippen MR) is 89.8 cm³/mol. The lowest BCUT2D eigenvalue weighted by Gasteiger charge is -2.36. The Balaban J connectivity index is 1.53. The fourth-order valence-corrected chi connectivity index (χ4v) is 3.17. The Hall–Kier alpha value is -2.37. The summed E-state index contributed by atoms with van der Waals surface area (Å²) in [5.41, 5.74) is 0.900. The number of carbonyl (C=O) groups excluding carboxylic acids is 1. The highest BCUT2D eigenvalue weighted by molar-refractivity contribution is 5.74. The molecule has 1 aromatic carbocycles. The molecule has 5 nitrogen and oxygen atoms in total. The van der Waals surface area contributed by atoms with Crippen molar-refractivity contribution in [1.82, 2.24) is 19.8 Å². The number of carbonyl (C=O) groups is 1.